The Kier molecular flexibility index (Phi) is 4.08. The molecule has 3 rings (SSSR count). The summed E-state index contributed by atoms with van der Waals surface area (Å²) < 4.78 is 28.8. The van der Waals surface area contributed by atoms with Gasteiger partial charge >= 0.3 is 0 Å². The second kappa shape index (κ2) is 6.17. The summed E-state index contributed by atoms with van der Waals surface area (Å²) in [6.07, 6.45) is 4.23. The van der Waals surface area contributed by atoms with Crippen molar-refractivity contribution >= 4 is 5.91 Å². The molecule has 1 amide bonds. The molecular formula is C14H15F2N5O. The number of amides is 1. The summed E-state index contributed by atoms with van der Waals surface area (Å²) in [5, 5.41) is 13.9. The van der Waals surface area contributed by atoms with Gasteiger partial charge in [-0.25, -0.2) is 13.5 Å². The Bertz CT molecular complexity index is 661. The average molecular weight is 307 g/mol. The zero-order valence-corrected chi connectivity index (χ0v) is 11.8. The molecule has 1 N–H and O–H groups in total. The number of hydrogen-bond acceptors (Lipinski definition) is 4. The fraction of sp³-hybridized carbons (Fsp3) is 0.429. The van der Waals surface area contributed by atoms with Crippen molar-refractivity contribution in [1.29, 1.82) is 0 Å². The Balaban J connectivity index is 1.70. The van der Waals surface area contributed by atoms with Gasteiger partial charge in [0.25, 0.3) is 5.91 Å². The molecule has 0 aliphatic heterocycles. The molecular weight excluding hydrogens is 292 g/mol. The molecule has 0 atom stereocenters. The Morgan fingerprint density at radius 3 is 2.64 bits per heavy atom. The molecule has 0 bridgehead atoms. The fourth-order valence-electron chi connectivity index (χ4n) is 2.72. The van der Waals surface area contributed by atoms with Crippen LogP contribution in [-0.4, -0.2) is 26.1 Å². The van der Waals surface area contributed by atoms with Crippen LogP contribution in [0.15, 0.2) is 18.2 Å². The molecule has 1 aliphatic carbocycles. The zero-order chi connectivity index (χ0) is 15.5. The van der Waals surface area contributed by atoms with Crippen LogP contribution < -0.4 is 5.32 Å². The molecule has 8 heteroatoms. The van der Waals surface area contributed by atoms with Crippen LogP contribution in [0.3, 0.4) is 0 Å². The summed E-state index contributed by atoms with van der Waals surface area (Å²) in [6, 6.07) is 3.52. The number of nitrogens with one attached hydrogen (secondary N) is 1. The van der Waals surface area contributed by atoms with E-state index in [1.807, 2.05) is 0 Å². The van der Waals surface area contributed by atoms with Gasteiger partial charge < -0.3 is 5.32 Å². The number of rotatable bonds is 4. The normalized spacial score (nSPS) is 15.2. The molecule has 0 spiro atoms. The highest BCUT2D eigenvalue weighted by Gasteiger charge is 2.22. The first-order valence-electron chi connectivity index (χ1n) is 7.16. The van der Waals surface area contributed by atoms with E-state index >= 15 is 0 Å². The highest BCUT2D eigenvalue weighted by molar-refractivity contribution is 5.94. The third-order valence-corrected chi connectivity index (χ3v) is 3.83. The van der Waals surface area contributed by atoms with Crippen molar-refractivity contribution in [2.24, 2.45) is 0 Å². The van der Waals surface area contributed by atoms with Crippen LogP contribution in [0.1, 0.15) is 47.9 Å². The molecule has 1 fully saturated rings. The topological polar surface area (TPSA) is 72.7 Å². The SMILES string of the molecule is O=C(NCc1nnnn1C1CCCC1)c1c(F)cccc1F. The Hall–Kier alpha value is -2.38. The average Bonchev–Trinajstić information content (AvgIpc) is 3.15. The van der Waals surface area contributed by atoms with Gasteiger partial charge in [-0.05, 0) is 35.4 Å². The third kappa shape index (κ3) is 2.81. The summed E-state index contributed by atoms with van der Waals surface area (Å²) in [6.45, 7) is 0.0239. The summed E-state index contributed by atoms with van der Waals surface area (Å²) in [5.41, 5.74) is -0.595. The number of carbonyl (C=O) groups is 1. The van der Waals surface area contributed by atoms with Crippen LogP contribution >= 0.6 is 0 Å². The van der Waals surface area contributed by atoms with E-state index in [0.717, 1.165) is 37.8 Å². The van der Waals surface area contributed by atoms with Crippen LogP contribution in [-0.2, 0) is 6.54 Å². The first kappa shape index (κ1) is 14.6. The van der Waals surface area contributed by atoms with Gasteiger partial charge in [0.1, 0.15) is 17.2 Å². The highest BCUT2D eigenvalue weighted by atomic mass is 19.1. The molecule has 1 heterocycles. The van der Waals surface area contributed by atoms with E-state index in [4.69, 9.17) is 0 Å². The van der Waals surface area contributed by atoms with Gasteiger partial charge in [-0.1, -0.05) is 18.9 Å². The van der Waals surface area contributed by atoms with Crippen molar-refractivity contribution in [3.8, 4) is 0 Å². The summed E-state index contributed by atoms with van der Waals surface area (Å²) in [5.74, 6) is -2.13. The van der Waals surface area contributed by atoms with Gasteiger partial charge in [0.15, 0.2) is 5.82 Å². The second-order valence-corrected chi connectivity index (χ2v) is 5.26. The summed E-state index contributed by atoms with van der Waals surface area (Å²) in [4.78, 5) is 11.9. The van der Waals surface area contributed by atoms with Crippen molar-refractivity contribution in [2.75, 3.05) is 0 Å². The lowest BCUT2D eigenvalue weighted by Gasteiger charge is -2.12. The van der Waals surface area contributed by atoms with E-state index in [1.54, 1.807) is 4.68 Å². The van der Waals surface area contributed by atoms with E-state index in [-0.39, 0.29) is 12.6 Å². The van der Waals surface area contributed by atoms with Gasteiger partial charge in [0.05, 0.1) is 12.6 Å². The Morgan fingerprint density at radius 2 is 1.95 bits per heavy atom. The number of tetrazole rings is 1. The Labute approximate surface area is 125 Å². The predicted octanol–water partition coefficient (Wildman–Crippen LogP) is 2.00. The number of halogens is 2. The molecule has 22 heavy (non-hydrogen) atoms. The maximum Gasteiger partial charge on any atom is 0.257 e. The summed E-state index contributed by atoms with van der Waals surface area (Å²) in [7, 11) is 0. The van der Waals surface area contributed by atoms with Crippen molar-refractivity contribution in [2.45, 2.75) is 38.3 Å². The van der Waals surface area contributed by atoms with Crippen LogP contribution in [0.5, 0.6) is 0 Å². The van der Waals surface area contributed by atoms with Gasteiger partial charge in [-0.2, -0.15) is 0 Å². The van der Waals surface area contributed by atoms with Gasteiger partial charge in [-0.15, -0.1) is 5.10 Å². The van der Waals surface area contributed by atoms with Crippen molar-refractivity contribution in [1.82, 2.24) is 25.5 Å². The van der Waals surface area contributed by atoms with Crippen LogP contribution in [0, 0.1) is 11.6 Å². The van der Waals surface area contributed by atoms with E-state index < -0.39 is 23.1 Å². The molecule has 1 aromatic carbocycles. The van der Waals surface area contributed by atoms with E-state index in [9.17, 15) is 13.6 Å². The molecule has 2 aromatic rings. The zero-order valence-electron chi connectivity index (χ0n) is 11.8. The number of benzene rings is 1. The predicted molar refractivity (Wildman–Crippen MR) is 72.9 cm³/mol. The molecule has 116 valence electrons. The second-order valence-electron chi connectivity index (χ2n) is 5.26. The highest BCUT2D eigenvalue weighted by Crippen LogP contribution is 2.29. The molecule has 1 aromatic heterocycles. The van der Waals surface area contributed by atoms with Crippen LogP contribution in [0.2, 0.25) is 0 Å². The van der Waals surface area contributed by atoms with E-state index in [1.165, 1.54) is 6.07 Å². The number of nitrogens with zero attached hydrogens (tertiary/aromatic N) is 4. The van der Waals surface area contributed by atoms with Crippen LogP contribution in [0.25, 0.3) is 0 Å². The van der Waals surface area contributed by atoms with E-state index in [2.05, 4.69) is 20.8 Å². The minimum Gasteiger partial charge on any atom is -0.344 e. The Morgan fingerprint density at radius 1 is 1.27 bits per heavy atom. The van der Waals surface area contributed by atoms with Gasteiger partial charge in [-0.3, -0.25) is 4.79 Å². The standard InChI is InChI=1S/C14H15F2N5O/c15-10-6-3-7-11(16)13(10)14(22)17-8-12-18-19-20-21(12)9-4-1-2-5-9/h3,6-7,9H,1-2,4-5,8H2,(H,17,22). The largest absolute Gasteiger partial charge is 0.344 e. The van der Waals surface area contributed by atoms with Crippen molar-refractivity contribution in [3.63, 3.8) is 0 Å². The first-order chi connectivity index (χ1) is 10.7. The minimum atomic E-state index is -0.895. The number of hydrogen-bond donors (Lipinski definition) is 1. The van der Waals surface area contributed by atoms with Crippen LogP contribution in [0.4, 0.5) is 8.78 Å². The fourth-order valence-corrected chi connectivity index (χ4v) is 2.72. The van der Waals surface area contributed by atoms with Crippen molar-refractivity contribution < 1.29 is 13.6 Å². The molecule has 0 unspecified atom stereocenters. The number of aromatic nitrogens is 4. The molecule has 0 radical (unpaired) electrons. The first-order valence-corrected chi connectivity index (χ1v) is 7.16. The monoisotopic (exact) mass is 307 g/mol. The third-order valence-electron chi connectivity index (χ3n) is 3.83. The van der Waals surface area contributed by atoms with Gasteiger partial charge in [0, 0.05) is 0 Å². The molecule has 6 nitrogen and oxygen atoms in total. The molecule has 1 saturated carbocycles. The smallest absolute Gasteiger partial charge is 0.257 e. The van der Waals surface area contributed by atoms with Gasteiger partial charge in [0.2, 0.25) is 0 Å². The number of carbonyl (C=O) groups excluding carboxylic acids is 1. The minimum absolute atomic E-state index is 0.0239. The quantitative estimate of drug-likeness (QED) is 0.937. The molecule has 0 saturated heterocycles. The maximum atomic E-state index is 13.5. The van der Waals surface area contributed by atoms with Crippen molar-refractivity contribution in [3.05, 3.63) is 41.2 Å². The lowest BCUT2D eigenvalue weighted by Crippen LogP contribution is -2.27. The molecule has 1 aliphatic rings. The maximum absolute atomic E-state index is 13.5. The lowest BCUT2D eigenvalue weighted by molar-refractivity contribution is 0.0940. The lowest BCUT2D eigenvalue weighted by atomic mass is 10.2. The van der Waals surface area contributed by atoms with E-state index in [0.29, 0.717) is 5.82 Å². The summed E-state index contributed by atoms with van der Waals surface area (Å²) >= 11 is 0.